The summed E-state index contributed by atoms with van der Waals surface area (Å²) in [7, 11) is 0. The molecular formula is C10H11FN2O. The summed E-state index contributed by atoms with van der Waals surface area (Å²) in [5.74, 6) is -0.359. The summed E-state index contributed by atoms with van der Waals surface area (Å²) in [4.78, 5) is 11.4. The van der Waals surface area contributed by atoms with E-state index >= 15 is 0 Å². The van der Waals surface area contributed by atoms with Gasteiger partial charge in [0, 0.05) is 18.8 Å². The average molecular weight is 194 g/mol. The number of nitrogens with one attached hydrogen (secondary N) is 2. The highest BCUT2D eigenvalue weighted by atomic mass is 19.1. The van der Waals surface area contributed by atoms with E-state index < -0.39 is 0 Å². The lowest BCUT2D eigenvalue weighted by Crippen LogP contribution is -2.48. The van der Waals surface area contributed by atoms with E-state index in [0.717, 1.165) is 0 Å². The Morgan fingerprint density at radius 1 is 1.50 bits per heavy atom. The molecule has 74 valence electrons. The van der Waals surface area contributed by atoms with Crippen molar-refractivity contribution in [2.45, 2.75) is 0 Å². The first-order chi connectivity index (χ1) is 6.75. The SMILES string of the molecule is O=C(Nc1cccc(F)c1)C1CNC1. The highest BCUT2D eigenvalue weighted by Crippen LogP contribution is 2.12. The predicted molar refractivity (Wildman–Crippen MR) is 51.4 cm³/mol. The second-order valence-corrected chi connectivity index (χ2v) is 3.35. The van der Waals surface area contributed by atoms with Crippen LogP contribution in [0.5, 0.6) is 0 Å². The largest absolute Gasteiger partial charge is 0.326 e. The van der Waals surface area contributed by atoms with Gasteiger partial charge in [-0.15, -0.1) is 0 Å². The van der Waals surface area contributed by atoms with Crippen molar-refractivity contribution in [3.63, 3.8) is 0 Å². The van der Waals surface area contributed by atoms with Crippen LogP contribution in [0.25, 0.3) is 0 Å². The molecule has 0 atom stereocenters. The van der Waals surface area contributed by atoms with Gasteiger partial charge in [0.2, 0.25) is 5.91 Å². The number of amides is 1. The van der Waals surface area contributed by atoms with E-state index in [-0.39, 0.29) is 17.6 Å². The lowest BCUT2D eigenvalue weighted by molar-refractivity contribution is -0.121. The van der Waals surface area contributed by atoms with Gasteiger partial charge in [-0.2, -0.15) is 0 Å². The molecule has 2 N–H and O–H groups in total. The number of carbonyl (C=O) groups excluding carboxylic acids is 1. The molecule has 0 aromatic heterocycles. The number of hydrogen-bond acceptors (Lipinski definition) is 2. The van der Waals surface area contributed by atoms with Crippen molar-refractivity contribution in [1.82, 2.24) is 5.32 Å². The van der Waals surface area contributed by atoms with Gasteiger partial charge < -0.3 is 10.6 Å². The monoisotopic (exact) mass is 194 g/mol. The Bertz CT molecular complexity index is 350. The van der Waals surface area contributed by atoms with Gasteiger partial charge >= 0.3 is 0 Å². The number of carbonyl (C=O) groups is 1. The molecule has 1 aliphatic rings. The Labute approximate surface area is 81.3 Å². The Balaban J connectivity index is 1.99. The van der Waals surface area contributed by atoms with Crippen LogP contribution in [-0.4, -0.2) is 19.0 Å². The minimum atomic E-state index is -0.338. The van der Waals surface area contributed by atoms with E-state index in [2.05, 4.69) is 10.6 Å². The summed E-state index contributed by atoms with van der Waals surface area (Å²) in [6, 6.07) is 5.90. The Morgan fingerprint density at radius 2 is 2.29 bits per heavy atom. The molecule has 0 spiro atoms. The van der Waals surface area contributed by atoms with Crippen molar-refractivity contribution in [2.75, 3.05) is 18.4 Å². The molecular weight excluding hydrogens is 183 g/mol. The van der Waals surface area contributed by atoms with Gasteiger partial charge in [-0.25, -0.2) is 4.39 Å². The van der Waals surface area contributed by atoms with Gasteiger partial charge in [-0.3, -0.25) is 4.79 Å². The molecule has 0 bridgehead atoms. The van der Waals surface area contributed by atoms with E-state index in [4.69, 9.17) is 0 Å². The molecule has 1 heterocycles. The average Bonchev–Trinajstić information content (AvgIpc) is 1.99. The van der Waals surface area contributed by atoms with Crippen LogP contribution in [0.4, 0.5) is 10.1 Å². The Hall–Kier alpha value is -1.42. The number of rotatable bonds is 2. The topological polar surface area (TPSA) is 41.1 Å². The zero-order valence-corrected chi connectivity index (χ0v) is 7.59. The van der Waals surface area contributed by atoms with Crippen LogP contribution in [0, 0.1) is 11.7 Å². The maximum atomic E-state index is 12.8. The fourth-order valence-corrected chi connectivity index (χ4v) is 1.28. The van der Waals surface area contributed by atoms with Crippen molar-refractivity contribution < 1.29 is 9.18 Å². The van der Waals surface area contributed by atoms with Gasteiger partial charge in [0.1, 0.15) is 5.82 Å². The lowest BCUT2D eigenvalue weighted by atomic mass is 10.0. The van der Waals surface area contributed by atoms with Crippen LogP contribution in [0.1, 0.15) is 0 Å². The van der Waals surface area contributed by atoms with Crippen molar-refractivity contribution in [3.8, 4) is 0 Å². The van der Waals surface area contributed by atoms with Crippen molar-refractivity contribution in [3.05, 3.63) is 30.1 Å². The molecule has 2 rings (SSSR count). The minimum absolute atomic E-state index is 0.0262. The fourth-order valence-electron chi connectivity index (χ4n) is 1.28. The fraction of sp³-hybridized carbons (Fsp3) is 0.300. The van der Waals surface area contributed by atoms with Crippen LogP contribution in [0.2, 0.25) is 0 Å². The summed E-state index contributed by atoms with van der Waals surface area (Å²) in [5, 5.41) is 5.67. The van der Waals surface area contributed by atoms with Crippen molar-refractivity contribution >= 4 is 11.6 Å². The number of benzene rings is 1. The standard InChI is InChI=1S/C10H11FN2O/c11-8-2-1-3-9(4-8)13-10(14)7-5-12-6-7/h1-4,7,12H,5-6H2,(H,13,14). The third-order valence-corrected chi connectivity index (χ3v) is 2.24. The summed E-state index contributed by atoms with van der Waals surface area (Å²) in [6.07, 6.45) is 0. The molecule has 4 heteroatoms. The van der Waals surface area contributed by atoms with E-state index in [9.17, 15) is 9.18 Å². The van der Waals surface area contributed by atoms with E-state index in [1.165, 1.54) is 12.1 Å². The predicted octanol–water partition coefficient (Wildman–Crippen LogP) is 0.984. The van der Waals surface area contributed by atoms with E-state index in [0.29, 0.717) is 18.8 Å². The minimum Gasteiger partial charge on any atom is -0.326 e. The molecule has 1 fully saturated rings. The Kier molecular flexibility index (Phi) is 2.45. The molecule has 0 unspecified atom stereocenters. The quantitative estimate of drug-likeness (QED) is 0.737. The first-order valence-electron chi connectivity index (χ1n) is 4.53. The normalized spacial score (nSPS) is 16.1. The lowest BCUT2D eigenvalue weighted by Gasteiger charge is -2.25. The summed E-state index contributed by atoms with van der Waals surface area (Å²) < 4.78 is 12.8. The molecule has 1 saturated heterocycles. The first-order valence-corrected chi connectivity index (χ1v) is 4.53. The molecule has 3 nitrogen and oxygen atoms in total. The first kappa shape index (κ1) is 9.15. The smallest absolute Gasteiger partial charge is 0.230 e. The van der Waals surface area contributed by atoms with Crippen molar-refractivity contribution in [2.24, 2.45) is 5.92 Å². The second kappa shape index (κ2) is 3.75. The molecule has 1 aliphatic heterocycles. The molecule has 1 amide bonds. The molecule has 0 saturated carbocycles. The molecule has 14 heavy (non-hydrogen) atoms. The highest BCUT2D eigenvalue weighted by molar-refractivity contribution is 5.93. The van der Waals surface area contributed by atoms with Gasteiger partial charge in [0.05, 0.1) is 5.92 Å². The zero-order chi connectivity index (χ0) is 9.97. The van der Waals surface area contributed by atoms with Crippen LogP contribution in [0.3, 0.4) is 0 Å². The summed E-state index contributed by atoms with van der Waals surface area (Å²) in [5.41, 5.74) is 0.516. The molecule has 0 radical (unpaired) electrons. The maximum Gasteiger partial charge on any atom is 0.230 e. The highest BCUT2D eigenvalue weighted by Gasteiger charge is 2.24. The number of hydrogen-bond donors (Lipinski definition) is 2. The van der Waals surface area contributed by atoms with Gasteiger partial charge in [-0.05, 0) is 18.2 Å². The van der Waals surface area contributed by atoms with Crippen LogP contribution in [-0.2, 0) is 4.79 Å². The molecule has 0 aliphatic carbocycles. The van der Waals surface area contributed by atoms with Gasteiger partial charge in [0.15, 0.2) is 0 Å². The summed E-state index contributed by atoms with van der Waals surface area (Å²) in [6.45, 7) is 1.42. The number of halogens is 1. The van der Waals surface area contributed by atoms with E-state index in [1.54, 1.807) is 12.1 Å². The molecule has 1 aromatic rings. The van der Waals surface area contributed by atoms with Crippen LogP contribution >= 0.6 is 0 Å². The Morgan fingerprint density at radius 3 is 2.86 bits per heavy atom. The van der Waals surface area contributed by atoms with Crippen molar-refractivity contribution in [1.29, 1.82) is 0 Å². The maximum absolute atomic E-state index is 12.8. The zero-order valence-electron chi connectivity index (χ0n) is 7.59. The number of anilines is 1. The third-order valence-electron chi connectivity index (χ3n) is 2.24. The van der Waals surface area contributed by atoms with Gasteiger partial charge in [0.25, 0.3) is 0 Å². The second-order valence-electron chi connectivity index (χ2n) is 3.35. The van der Waals surface area contributed by atoms with Crippen LogP contribution < -0.4 is 10.6 Å². The molecule has 1 aromatic carbocycles. The van der Waals surface area contributed by atoms with E-state index in [1.807, 2.05) is 0 Å². The van der Waals surface area contributed by atoms with Gasteiger partial charge in [-0.1, -0.05) is 6.07 Å². The van der Waals surface area contributed by atoms with Crippen LogP contribution in [0.15, 0.2) is 24.3 Å². The third kappa shape index (κ3) is 1.90. The summed E-state index contributed by atoms with van der Waals surface area (Å²) >= 11 is 0.